The van der Waals surface area contributed by atoms with Crippen molar-refractivity contribution < 1.29 is 14.5 Å². The number of carbonyl (C=O) groups excluding carboxylic acids is 1. The first kappa shape index (κ1) is 24.1. The molecule has 9 nitrogen and oxygen atoms in total. The van der Waals surface area contributed by atoms with E-state index in [0.717, 1.165) is 0 Å². The van der Waals surface area contributed by atoms with Gasteiger partial charge in [0.1, 0.15) is 5.82 Å². The highest BCUT2D eigenvalue weighted by molar-refractivity contribution is 5.95. The summed E-state index contributed by atoms with van der Waals surface area (Å²) >= 11 is 0. The van der Waals surface area contributed by atoms with Gasteiger partial charge in [-0.15, -0.1) is 0 Å². The Morgan fingerprint density at radius 2 is 1.97 bits per heavy atom. The van der Waals surface area contributed by atoms with Crippen LogP contribution in [0.3, 0.4) is 0 Å². The van der Waals surface area contributed by atoms with Crippen molar-refractivity contribution in [2.24, 2.45) is 0 Å². The van der Waals surface area contributed by atoms with E-state index in [1.165, 1.54) is 13.2 Å². The van der Waals surface area contributed by atoms with Gasteiger partial charge >= 0.3 is 0 Å². The molecule has 0 fully saturated rings. The molecule has 1 heterocycles. The maximum absolute atomic E-state index is 13.6. The molecule has 3 rings (SSSR count). The van der Waals surface area contributed by atoms with Crippen LogP contribution in [-0.4, -0.2) is 45.5 Å². The zero-order valence-corrected chi connectivity index (χ0v) is 19.3. The molecule has 1 aromatic heterocycles. The van der Waals surface area contributed by atoms with Gasteiger partial charge in [-0.3, -0.25) is 24.3 Å². The predicted molar refractivity (Wildman–Crippen MR) is 125 cm³/mol. The van der Waals surface area contributed by atoms with Crippen LogP contribution in [0.2, 0.25) is 0 Å². The average molecular weight is 453 g/mol. The highest BCUT2D eigenvalue weighted by Gasteiger charge is 2.29. The van der Waals surface area contributed by atoms with Crippen LogP contribution in [0.1, 0.15) is 48.1 Å². The first-order chi connectivity index (χ1) is 15.8. The Bertz CT molecular complexity index is 1240. The fraction of sp³-hybridized carbons (Fsp3) is 0.375. The Kier molecular flexibility index (Phi) is 7.55. The second-order valence-electron chi connectivity index (χ2n) is 7.71. The molecule has 1 unspecified atom stereocenters. The molecule has 1 atom stereocenters. The molecule has 0 saturated carbocycles. The highest BCUT2D eigenvalue weighted by Crippen LogP contribution is 2.27. The lowest BCUT2D eigenvalue weighted by Gasteiger charge is -2.32. The number of benzene rings is 2. The zero-order valence-electron chi connectivity index (χ0n) is 19.3. The Morgan fingerprint density at radius 1 is 1.24 bits per heavy atom. The monoisotopic (exact) mass is 452 g/mol. The van der Waals surface area contributed by atoms with E-state index in [4.69, 9.17) is 9.72 Å². The summed E-state index contributed by atoms with van der Waals surface area (Å²) < 4.78 is 6.81. The summed E-state index contributed by atoms with van der Waals surface area (Å²) in [6.07, 6.45) is 0.494. The molecular weight excluding hydrogens is 424 g/mol. The second kappa shape index (κ2) is 10.4. The van der Waals surface area contributed by atoms with E-state index >= 15 is 0 Å². The second-order valence-corrected chi connectivity index (χ2v) is 7.71. The smallest absolute Gasteiger partial charge is 0.273 e. The Morgan fingerprint density at radius 3 is 2.61 bits per heavy atom. The molecule has 3 aromatic rings. The Labute approximate surface area is 191 Å². The average Bonchev–Trinajstić information content (AvgIpc) is 2.81. The summed E-state index contributed by atoms with van der Waals surface area (Å²) in [6.45, 7) is 6.30. The van der Waals surface area contributed by atoms with Gasteiger partial charge in [0.15, 0.2) is 0 Å². The first-order valence-corrected chi connectivity index (χ1v) is 10.9. The predicted octanol–water partition coefficient (Wildman–Crippen LogP) is 3.87. The van der Waals surface area contributed by atoms with E-state index in [0.29, 0.717) is 35.3 Å². The van der Waals surface area contributed by atoms with Crippen molar-refractivity contribution in [2.75, 3.05) is 20.3 Å². The summed E-state index contributed by atoms with van der Waals surface area (Å²) in [4.78, 5) is 44.0. The van der Waals surface area contributed by atoms with Crippen molar-refractivity contribution in [3.8, 4) is 0 Å². The zero-order chi connectivity index (χ0) is 24.1. The molecule has 2 aromatic carbocycles. The first-order valence-electron chi connectivity index (χ1n) is 10.9. The summed E-state index contributed by atoms with van der Waals surface area (Å²) in [5.74, 6) is 0.0989. The minimum atomic E-state index is -0.523. The lowest BCUT2D eigenvalue weighted by molar-refractivity contribution is -0.385. The molecule has 0 aliphatic heterocycles. The van der Waals surface area contributed by atoms with Crippen LogP contribution in [-0.2, 0) is 11.3 Å². The number of nitro groups is 1. The van der Waals surface area contributed by atoms with Crippen molar-refractivity contribution in [1.82, 2.24) is 14.5 Å². The number of nitro benzene ring substituents is 1. The van der Waals surface area contributed by atoms with Crippen molar-refractivity contribution in [3.05, 3.63) is 79.9 Å². The number of ether oxygens (including phenoxy) is 1. The van der Waals surface area contributed by atoms with Gasteiger partial charge in [0.25, 0.3) is 17.2 Å². The van der Waals surface area contributed by atoms with Gasteiger partial charge in [-0.1, -0.05) is 25.1 Å². The van der Waals surface area contributed by atoms with Gasteiger partial charge in [-0.25, -0.2) is 4.98 Å². The summed E-state index contributed by atoms with van der Waals surface area (Å²) in [5.41, 5.74) is 0.957. The topological polar surface area (TPSA) is 108 Å². The number of carbonyl (C=O) groups is 1. The minimum absolute atomic E-state index is 0.116. The van der Waals surface area contributed by atoms with Crippen LogP contribution < -0.4 is 5.56 Å². The van der Waals surface area contributed by atoms with Gasteiger partial charge in [-0.05, 0) is 38.5 Å². The number of aromatic nitrogens is 2. The third-order valence-corrected chi connectivity index (χ3v) is 5.72. The third-order valence-electron chi connectivity index (χ3n) is 5.72. The molecule has 0 radical (unpaired) electrons. The molecule has 0 aliphatic carbocycles. The number of amides is 1. The Balaban J connectivity index is 2.15. The van der Waals surface area contributed by atoms with Crippen LogP contribution >= 0.6 is 0 Å². The summed E-state index contributed by atoms with van der Waals surface area (Å²) in [7, 11) is 1.54. The number of hydrogen-bond acceptors (Lipinski definition) is 6. The van der Waals surface area contributed by atoms with Gasteiger partial charge in [0.05, 0.1) is 28.5 Å². The SMILES string of the molecule is CCC(c1nc2ccccc2c(=O)n1CC)N(CCOC)C(=O)c1ccc(C)c([N+](=O)[O-])c1. The molecule has 174 valence electrons. The van der Waals surface area contributed by atoms with E-state index in [9.17, 15) is 19.7 Å². The summed E-state index contributed by atoms with van der Waals surface area (Å²) in [5, 5.41) is 11.9. The maximum Gasteiger partial charge on any atom is 0.273 e. The molecule has 0 bridgehead atoms. The lowest BCUT2D eigenvalue weighted by Crippen LogP contribution is -2.40. The minimum Gasteiger partial charge on any atom is -0.383 e. The molecule has 0 spiro atoms. The number of methoxy groups -OCH3 is 1. The quantitative estimate of drug-likeness (QED) is 0.360. The molecule has 9 heteroatoms. The van der Waals surface area contributed by atoms with Crippen LogP contribution in [0, 0.1) is 17.0 Å². The fourth-order valence-corrected chi connectivity index (χ4v) is 3.98. The largest absolute Gasteiger partial charge is 0.383 e. The van der Waals surface area contributed by atoms with Crippen LogP contribution in [0.5, 0.6) is 0 Å². The molecule has 33 heavy (non-hydrogen) atoms. The fourth-order valence-electron chi connectivity index (χ4n) is 3.98. The molecule has 0 saturated heterocycles. The number of para-hydroxylation sites is 1. The number of hydrogen-bond donors (Lipinski definition) is 0. The van der Waals surface area contributed by atoms with Crippen LogP contribution in [0.15, 0.2) is 47.3 Å². The standard InChI is InChI=1S/C24H28N4O5/c1-5-20(22-25-19-10-8-7-9-18(19)24(30)26(22)6-2)27(13-14-33-4)23(29)17-12-11-16(3)21(15-17)28(31)32/h7-12,15,20H,5-6,13-14H2,1-4H3. The molecular formula is C24H28N4O5. The van der Waals surface area contributed by atoms with Crippen molar-refractivity contribution in [1.29, 1.82) is 0 Å². The van der Waals surface area contributed by atoms with Gasteiger partial charge in [0.2, 0.25) is 0 Å². The third kappa shape index (κ3) is 4.78. The van der Waals surface area contributed by atoms with Crippen molar-refractivity contribution in [2.45, 2.75) is 39.8 Å². The molecule has 0 aliphatic rings. The van der Waals surface area contributed by atoms with Gasteiger partial charge in [-0.2, -0.15) is 0 Å². The van der Waals surface area contributed by atoms with Crippen molar-refractivity contribution in [3.63, 3.8) is 0 Å². The summed E-state index contributed by atoms with van der Waals surface area (Å²) in [6, 6.07) is 11.0. The maximum atomic E-state index is 13.6. The van der Waals surface area contributed by atoms with E-state index in [-0.39, 0.29) is 35.9 Å². The van der Waals surface area contributed by atoms with E-state index in [2.05, 4.69) is 0 Å². The number of fused-ring (bicyclic) bond motifs is 1. The Hall–Kier alpha value is -3.59. The number of aryl methyl sites for hydroxylation is 1. The van der Waals surface area contributed by atoms with Crippen molar-refractivity contribution >= 4 is 22.5 Å². The molecule has 0 N–H and O–H groups in total. The van der Waals surface area contributed by atoms with Crippen LogP contribution in [0.25, 0.3) is 10.9 Å². The lowest BCUT2D eigenvalue weighted by atomic mass is 10.1. The normalized spacial score (nSPS) is 12.0. The highest BCUT2D eigenvalue weighted by atomic mass is 16.6. The van der Waals surface area contributed by atoms with Crippen LogP contribution in [0.4, 0.5) is 5.69 Å². The van der Waals surface area contributed by atoms with E-state index in [1.54, 1.807) is 46.7 Å². The van der Waals surface area contributed by atoms with E-state index < -0.39 is 11.0 Å². The number of rotatable bonds is 9. The number of nitrogens with zero attached hydrogens (tertiary/aromatic N) is 4. The van der Waals surface area contributed by atoms with Gasteiger partial charge in [0, 0.05) is 37.4 Å². The van der Waals surface area contributed by atoms with E-state index in [1.807, 2.05) is 19.9 Å². The molecule has 1 amide bonds. The van der Waals surface area contributed by atoms with Gasteiger partial charge < -0.3 is 9.64 Å².